The molecule has 6 nitrogen and oxygen atoms in total. The minimum atomic E-state index is -0.533. The van der Waals surface area contributed by atoms with Crippen molar-refractivity contribution in [2.24, 2.45) is 5.92 Å². The largest absolute Gasteiger partial charge is 0.466 e. The van der Waals surface area contributed by atoms with Crippen molar-refractivity contribution >= 4 is 12.1 Å². The second kappa shape index (κ2) is 7.64. The van der Waals surface area contributed by atoms with Gasteiger partial charge >= 0.3 is 12.1 Å². The monoisotopic (exact) mass is 300 g/mol. The molecule has 1 aliphatic rings. The summed E-state index contributed by atoms with van der Waals surface area (Å²) in [6.45, 7) is 11.3. The van der Waals surface area contributed by atoms with Crippen LogP contribution < -0.4 is 5.32 Å². The van der Waals surface area contributed by atoms with Crippen LogP contribution in [0.4, 0.5) is 4.79 Å². The van der Waals surface area contributed by atoms with Gasteiger partial charge in [-0.15, -0.1) is 0 Å². The molecule has 0 saturated carbocycles. The molecule has 1 aliphatic heterocycles. The zero-order chi connectivity index (χ0) is 16.0. The number of ether oxygens (including phenoxy) is 2. The van der Waals surface area contributed by atoms with Gasteiger partial charge in [-0.3, -0.25) is 4.79 Å². The van der Waals surface area contributed by atoms with Crippen LogP contribution in [0.25, 0.3) is 0 Å². The Morgan fingerprint density at radius 3 is 2.48 bits per heavy atom. The molecule has 0 unspecified atom stereocenters. The number of hydrogen-bond acceptors (Lipinski definition) is 5. The lowest BCUT2D eigenvalue weighted by atomic mass is 9.92. The van der Waals surface area contributed by atoms with Gasteiger partial charge in [0.2, 0.25) is 0 Å². The molecule has 1 heterocycles. The number of hydrogen-bond donors (Lipinski definition) is 1. The first-order chi connectivity index (χ1) is 9.78. The third-order valence-electron chi connectivity index (χ3n) is 3.32. The first-order valence-corrected chi connectivity index (χ1v) is 7.66. The van der Waals surface area contributed by atoms with Crippen molar-refractivity contribution in [3.63, 3.8) is 0 Å². The highest BCUT2D eigenvalue weighted by molar-refractivity contribution is 5.75. The topological polar surface area (TPSA) is 67.9 Å². The van der Waals surface area contributed by atoms with Gasteiger partial charge in [-0.2, -0.15) is 0 Å². The quantitative estimate of drug-likeness (QED) is 0.802. The highest BCUT2D eigenvalue weighted by atomic mass is 16.6. The molecule has 122 valence electrons. The standard InChI is InChI=1S/C15H28N2O4/c1-6-16-12-8-9-17(14(19)21-15(3,4)5)10-11(12)13(18)20-7-2/h11-12,16H,6-10H2,1-5H3/t11-,12-/m0/s1. The molecular formula is C15H28N2O4. The lowest BCUT2D eigenvalue weighted by molar-refractivity contribution is -0.150. The van der Waals surface area contributed by atoms with Crippen LogP contribution in [0.1, 0.15) is 41.0 Å². The number of nitrogens with one attached hydrogen (secondary N) is 1. The zero-order valence-corrected chi connectivity index (χ0v) is 13.8. The fraction of sp³-hybridized carbons (Fsp3) is 0.867. The first-order valence-electron chi connectivity index (χ1n) is 7.66. The Hall–Kier alpha value is -1.30. The second-order valence-electron chi connectivity index (χ2n) is 6.24. The summed E-state index contributed by atoms with van der Waals surface area (Å²) in [7, 11) is 0. The number of amides is 1. The summed E-state index contributed by atoms with van der Waals surface area (Å²) in [5, 5.41) is 3.30. The molecule has 21 heavy (non-hydrogen) atoms. The molecule has 1 amide bonds. The summed E-state index contributed by atoms with van der Waals surface area (Å²) in [4.78, 5) is 25.8. The number of nitrogens with zero attached hydrogens (tertiary/aromatic N) is 1. The predicted molar refractivity (Wildman–Crippen MR) is 80.0 cm³/mol. The molecule has 1 saturated heterocycles. The molecule has 6 heteroatoms. The molecular weight excluding hydrogens is 272 g/mol. The van der Waals surface area contributed by atoms with E-state index in [9.17, 15) is 9.59 Å². The Balaban J connectivity index is 2.72. The van der Waals surface area contributed by atoms with Crippen molar-refractivity contribution < 1.29 is 19.1 Å². The van der Waals surface area contributed by atoms with E-state index in [4.69, 9.17) is 9.47 Å². The van der Waals surface area contributed by atoms with Crippen LogP contribution in [-0.2, 0) is 14.3 Å². The number of likely N-dealkylation sites (tertiary alicyclic amines) is 1. The van der Waals surface area contributed by atoms with E-state index in [1.54, 1.807) is 11.8 Å². The average molecular weight is 300 g/mol. The number of esters is 1. The Labute approximate surface area is 127 Å². The molecule has 1 fully saturated rings. The maximum absolute atomic E-state index is 12.1. The van der Waals surface area contributed by atoms with Gasteiger partial charge in [0.05, 0.1) is 12.5 Å². The van der Waals surface area contributed by atoms with Crippen molar-refractivity contribution in [3.8, 4) is 0 Å². The van der Waals surface area contributed by atoms with E-state index in [-0.39, 0.29) is 24.0 Å². The normalized spacial score (nSPS) is 22.8. The average Bonchev–Trinajstić information content (AvgIpc) is 2.37. The molecule has 2 atom stereocenters. The van der Waals surface area contributed by atoms with Crippen LogP contribution in [0, 0.1) is 5.92 Å². The number of piperidine rings is 1. The number of rotatable bonds is 4. The van der Waals surface area contributed by atoms with E-state index in [0.717, 1.165) is 13.0 Å². The molecule has 0 bridgehead atoms. The Bertz CT molecular complexity index is 365. The van der Waals surface area contributed by atoms with Crippen molar-refractivity contribution in [1.29, 1.82) is 0 Å². The van der Waals surface area contributed by atoms with Crippen molar-refractivity contribution in [2.45, 2.75) is 52.7 Å². The molecule has 0 aromatic heterocycles. The van der Waals surface area contributed by atoms with Gasteiger partial charge in [0.25, 0.3) is 0 Å². The third kappa shape index (κ3) is 5.53. The van der Waals surface area contributed by atoms with Gasteiger partial charge in [-0.05, 0) is 40.7 Å². The summed E-state index contributed by atoms with van der Waals surface area (Å²) >= 11 is 0. The maximum atomic E-state index is 12.1. The minimum Gasteiger partial charge on any atom is -0.466 e. The predicted octanol–water partition coefficient (Wildman–Crippen LogP) is 1.78. The van der Waals surface area contributed by atoms with E-state index in [1.165, 1.54) is 0 Å². The molecule has 0 spiro atoms. The van der Waals surface area contributed by atoms with E-state index < -0.39 is 5.60 Å². The zero-order valence-electron chi connectivity index (χ0n) is 13.8. The fourth-order valence-electron chi connectivity index (χ4n) is 2.44. The van der Waals surface area contributed by atoms with E-state index in [1.807, 2.05) is 27.7 Å². The summed E-state index contributed by atoms with van der Waals surface area (Å²) < 4.78 is 10.5. The smallest absolute Gasteiger partial charge is 0.410 e. The molecule has 0 aromatic carbocycles. The highest BCUT2D eigenvalue weighted by Gasteiger charge is 2.37. The third-order valence-corrected chi connectivity index (χ3v) is 3.32. The van der Waals surface area contributed by atoms with Crippen LogP contribution in [0.2, 0.25) is 0 Å². The van der Waals surface area contributed by atoms with Crippen LogP contribution in [0.5, 0.6) is 0 Å². The summed E-state index contributed by atoms with van der Waals surface area (Å²) in [5.74, 6) is -0.595. The van der Waals surface area contributed by atoms with Gasteiger partial charge in [-0.1, -0.05) is 6.92 Å². The Morgan fingerprint density at radius 2 is 1.95 bits per heavy atom. The Morgan fingerprint density at radius 1 is 1.29 bits per heavy atom. The van der Waals surface area contributed by atoms with Crippen molar-refractivity contribution in [1.82, 2.24) is 10.2 Å². The Kier molecular flexibility index (Phi) is 6.45. The van der Waals surface area contributed by atoms with Gasteiger partial charge < -0.3 is 19.7 Å². The van der Waals surface area contributed by atoms with Crippen LogP contribution in [0.3, 0.4) is 0 Å². The summed E-state index contributed by atoms with van der Waals surface area (Å²) in [6, 6.07) is 0.0488. The van der Waals surface area contributed by atoms with Crippen LogP contribution in [0.15, 0.2) is 0 Å². The summed E-state index contributed by atoms with van der Waals surface area (Å²) in [6.07, 6.45) is 0.350. The number of carbonyl (C=O) groups is 2. The van der Waals surface area contributed by atoms with Gasteiger partial charge in [0.15, 0.2) is 0 Å². The molecule has 0 radical (unpaired) electrons. The molecule has 1 N–H and O–H groups in total. The molecule has 1 rings (SSSR count). The molecule has 0 aliphatic carbocycles. The lowest BCUT2D eigenvalue weighted by Crippen LogP contribution is -2.54. The van der Waals surface area contributed by atoms with Crippen molar-refractivity contribution in [2.75, 3.05) is 26.2 Å². The minimum absolute atomic E-state index is 0.0488. The van der Waals surface area contributed by atoms with Crippen LogP contribution >= 0.6 is 0 Å². The SMILES string of the molecule is CCN[C@H]1CCN(C(=O)OC(C)(C)C)C[C@@H]1C(=O)OCC. The van der Waals surface area contributed by atoms with E-state index in [0.29, 0.717) is 19.7 Å². The van der Waals surface area contributed by atoms with Crippen LogP contribution in [-0.4, -0.2) is 54.8 Å². The second-order valence-corrected chi connectivity index (χ2v) is 6.24. The number of carbonyl (C=O) groups excluding carboxylic acids is 2. The van der Waals surface area contributed by atoms with Gasteiger partial charge in [0.1, 0.15) is 5.60 Å². The van der Waals surface area contributed by atoms with Crippen molar-refractivity contribution in [3.05, 3.63) is 0 Å². The van der Waals surface area contributed by atoms with Gasteiger partial charge in [-0.25, -0.2) is 4.79 Å². The maximum Gasteiger partial charge on any atom is 0.410 e. The fourth-order valence-corrected chi connectivity index (χ4v) is 2.44. The highest BCUT2D eigenvalue weighted by Crippen LogP contribution is 2.21. The van der Waals surface area contributed by atoms with Gasteiger partial charge in [0, 0.05) is 19.1 Å². The lowest BCUT2D eigenvalue weighted by Gasteiger charge is -2.38. The van der Waals surface area contributed by atoms with E-state index >= 15 is 0 Å². The first kappa shape index (κ1) is 17.8. The summed E-state index contributed by atoms with van der Waals surface area (Å²) in [5.41, 5.74) is -0.533. The molecule has 0 aromatic rings. The van der Waals surface area contributed by atoms with E-state index in [2.05, 4.69) is 5.32 Å².